The highest BCUT2D eigenvalue weighted by Gasteiger charge is 2.13. The molecule has 3 heteroatoms. The zero-order chi connectivity index (χ0) is 9.14. The van der Waals surface area contributed by atoms with Gasteiger partial charge in [0.25, 0.3) is 0 Å². The SMILES string of the molecule is C[C@@H](O)[C@@H](N)c1ccccc1Br. The number of hydrogen-bond acceptors (Lipinski definition) is 2. The lowest BCUT2D eigenvalue weighted by Gasteiger charge is -2.16. The quantitative estimate of drug-likeness (QED) is 0.814. The highest BCUT2D eigenvalue weighted by atomic mass is 79.9. The Morgan fingerprint density at radius 3 is 2.50 bits per heavy atom. The average molecular weight is 230 g/mol. The summed E-state index contributed by atoms with van der Waals surface area (Å²) in [5, 5.41) is 9.25. The molecular weight excluding hydrogens is 218 g/mol. The van der Waals surface area contributed by atoms with Crippen LogP contribution in [0.4, 0.5) is 0 Å². The lowest BCUT2D eigenvalue weighted by Crippen LogP contribution is -2.23. The van der Waals surface area contributed by atoms with E-state index in [-0.39, 0.29) is 6.04 Å². The first kappa shape index (κ1) is 9.71. The van der Waals surface area contributed by atoms with E-state index in [1.54, 1.807) is 6.92 Å². The van der Waals surface area contributed by atoms with Crippen LogP contribution < -0.4 is 5.73 Å². The molecule has 0 unspecified atom stereocenters. The number of hydrogen-bond donors (Lipinski definition) is 2. The molecule has 2 atom stereocenters. The molecule has 0 radical (unpaired) electrons. The summed E-state index contributed by atoms with van der Waals surface area (Å²) in [5.41, 5.74) is 6.70. The van der Waals surface area contributed by atoms with Crippen molar-refractivity contribution in [2.75, 3.05) is 0 Å². The van der Waals surface area contributed by atoms with E-state index in [9.17, 15) is 5.11 Å². The van der Waals surface area contributed by atoms with Crippen LogP contribution in [-0.4, -0.2) is 11.2 Å². The van der Waals surface area contributed by atoms with Crippen molar-refractivity contribution in [1.29, 1.82) is 0 Å². The van der Waals surface area contributed by atoms with Gasteiger partial charge >= 0.3 is 0 Å². The molecule has 1 aromatic rings. The van der Waals surface area contributed by atoms with Crippen LogP contribution in [0, 0.1) is 0 Å². The van der Waals surface area contributed by atoms with Gasteiger partial charge in [-0.1, -0.05) is 34.1 Å². The van der Waals surface area contributed by atoms with Crippen LogP contribution in [0.15, 0.2) is 28.7 Å². The molecule has 0 saturated carbocycles. The summed E-state index contributed by atoms with van der Waals surface area (Å²) in [6.45, 7) is 1.68. The van der Waals surface area contributed by atoms with E-state index in [0.29, 0.717) is 0 Å². The van der Waals surface area contributed by atoms with Gasteiger partial charge in [-0.2, -0.15) is 0 Å². The summed E-state index contributed by atoms with van der Waals surface area (Å²) >= 11 is 3.37. The van der Waals surface area contributed by atoms with Crippen LogP contribution in [0.25, 0.3) is 0 Å². The van der Waals surface area contributed by atoms with E-state index in [1.165, 1.54) is 0 Å². The molecule has 2 nitrogen and oxygen atoms in total. The molecule has 0 saturated heterocycles. The van der Waals surface area contributed by atoms with Crippen molar-refractivity contribution in [3.63, 3.8) is 0 Å². The molecule has 0 fully saturated rings. The molecule has 0 aliphatic rings. The predicted molar refractivity (Wildman–Crippen MR) is 52.8 cm³/mol. The Morgan fingerprint density at radius 1 is 1.42 bits per heavy atom. The third-order valence-corrected chi connectivity index (χ3v) is 2.51. The third-order valence-electron chi connectivity index (χ3n) is 1.78. The molecule has 0 spiro atoms. The maximum atomic E-state index is 9.25. The van der Waals surface area contributed by atoms with E-state index < -0.39 is 6.10 Å². The van der Waals surface area contributed by atoms with Gasteiger partial charge in [0.15, 0.2) is 0 Å². The number of nitrogens with two attached hydrogens (primary N) is 1. The van der Waals surface area contributed by atoms with Gasteiger partial charge in [0.1, 0.15) is 0 Å². The lowest BCUT2D eigenvalue weighted by molar-refractivity contribution is 0.164. The van der Waals surface area contributed by atoms with E-state index in [0.717, 1.165) is 10.0 Å². The van der Waals surface area contributed by atoms with Gasteiger partial charge in [-0.05, 0) is 18.6 Å². The normalized spacial score (nSPS) is 15.7. The van der Waals surface area contributed by atoms with Crippen LogP contribution in [0.2, 0.25) is 0 Å². The number of rotatable bonds is 2. The summed E-state index contributed by atoms with van der Waals surface area (Å²) < 4.78 is 0.943. The second kappa shape index (κ2) is 4.03. The van der Waals surface area contributed by atoms with E-state index >= 15 is 0 Å². The van der Waals surface area contributed by atoms with Crippen molar-refractivity contribution in [2.45, 2.75) is 19.1 Å². The van der Waals surface area contributed by atoms with Gasteiger partial charge in [0.05, 0.1) is 12.1 Å². The number of aliphatic hydroxyl groups is 1. The van der Waals surface area contributed by atoms with Gasteiger partial charge in [-0.25, -0.2) is 0 Å². The fourth-order valence-electron chi connectivity index (χ4n) is 1.01. The van der Waals surface area contributed by atoms with E-state index in [1.807, 2.05) is 24.3 Å². The molecule has 66 valence electrons. The Labute approximate surface area is 80.5 Å². The minimum Gasteiger partial charge on any atom is -0.391 e. The van der Waals surface area contributed by atoms with Gasteiger partial charge in [0.2, 0.25) is 0 Å². The minimum atomic E-state index is -0.524. The topological polar surface area (TPSA) is 46.2 Å². The largest absolute Gasteiger partial charge is 0.391 e. The Hall–Kier alpha value is -0.380. The first-order chi connectivity index (χ1) is 5.63. The molecule has 0 aliphatic heterocycles. The molecule has 3 N–H and O–H groups in total. The summed E-state index contributed by atoms with van der Waals surface area (Å²) in [7, 11) is 0. The smallest absolute Gasteiger partial charge is 0.0705 e. The van der Waals surface area contributed by atoms with Crippen molar-refractivity contribution in [3.8, 4) is 0 Å². The Balaban J connectivity index is 2.94. The van der Waals surface area contributed by atoms with Crippen LogP contribution in [0.5, 0.6) is 0 Å². The van der Waals surface area contributed by atoms with Gasteiger partial charge < -0.3 is 10.8 Å². The van der Waals surface area contributed by atoms with Crippen molar-refractivity contribution in [3.05, 3.63) is 34.3 Å². The summed E-state index contributed by atoms with van der Waals surface area (Å²) in [6.07, 6.45) is -0.524. The Kier molecular flexibility index (Phi) is 3.26. The first-order valence-corrected chi connectivity index (χ1v) is 4.60. The molecule has 1 rings (SSSR count). The fraction of sp³-hybridized carbons (Fsp3) is 0.333. The van der Waals surface area contributed by atoms with Crippen LogP contribution >= 0.6 is 15.9 Å². The number of aliphatic hydroxyl groups excluding tert-OH is 1. The average Bonchev–Trinajstić information content (AvgIpc) is 2.04. The predicted octanol–water partition coefficient (Wildman–Crippen LogP) is 1.83. The zero-order valence-electron chi connectivity index (χ0n) is 6.87. The molecule has 0 aromatic heterocycles. The summed E-state index contributed by atoms with van der Waals surface area (Å²) in [5.74, 6) is 0. The molecule has 1 aromatic carbocycles. The molecule has 0 amide bonds. The summed E-state index contributed by atoms with van der Waals surface area (Å²) in [4.78, 5) is 0. The van der Waals surface area contributed by atoms with Crippen molar-refractivity contribution >= 4 is 15.9 Å². The molecule has 0 heterocycles. The van der Waals surface area contributed by atoms with E-state index in [2.05, 4.69) is 15.9 Å². The molecule has 0 bridgehead atoms. The Bertz CT molecular complexity index is 262. The monoisotopic (exact) mass is 229 g/mol. The van der Waals surface area contributed by atoms with Crippen molar-refractivity contribution < 1.29 is 5.11 Å². The fourth-order valence-corrected chi connectivity index (χ4v) is 1.55. The van der Waals surface area contributed by atoms with Crippen molar-refractivity contribution in [1.82, 2.24) is 0 Å². The number of benzene rings is 1. The summed E-state index contributed by atoms with van der Waals surface area (Å²) in [6, 6.07) is 7.32. The van der Waals surface area contributed by atoms with Gasteiger partial charge in [-0.3, -0.25) is 0 Å². The van der Waals surface area contributed by atoms with Gasteiger partial charge in [0, 0.05) is 4.47 Å². The third kappa shape index (κ3) is 2.06. The second-order valence-electron chi connectivity index (χ2n) is 2.79. The molecule has 0 aliphatic carbocycles. The maximum absolute atomic E-state index is 9.25. The molecule has 12 heavy (non-hydrogen) atoms. The number of halogens is 1. The highest BCUT2D eigenvalue weighted by molar-refractivity contribution is 9.10. The highest BCUT2D eigenvalue weighted by Crippen LogP contribution is 2.23. The van der Waals surface area contributed by atoms with Crippen LogP contribution in [0.1, 0.15) is 18.5 Å². The Morgan fingerprint density at radius 2 is 2.00 bits per heavy atom. The standard InChI is InChI=1S/C9H12BrNO/c1-6(12)9(11)7-4-2-3-5-8(7)10/h2-6,9,12H,11H2,1H3/t6-,9-/m1/s1. The molecular formula is C9H12BrNO. The second-order valence-corrected chi connectivity index (χ2v) is 3.64. The lowest BCUT2D eigenvalue weighted by atomic mass is 10.0. The first-order valence-electron chi connectivity index (χ1n) is 3.81. The van der Waals surface area contributed by atoms with Crippen LogP contribution in [-0.2, 0) is 0 Å². The van der Waals surface area contributed by atoms with Crippen LogP contribution in [0.3, 0.4) is 0 Å². The van der Waals surface area contributed by atoms with Crippen molar-refractivity contribution in [2.24, 2.45) is 5.73 Å². The van der Waals surface area contributed by atoms with E-state index in [4.69, 9.17) is 5.73 Å². The zero-order valence-corrected chi connectivity index (χ0v) is 8.45. The maximum Gasteiger partial charge on any atom is 0.0705 e. The van der Waals surface area contributed by atoms with Gasteiger partial charge in [-0.15, -0.1) is 0 Å². The minimum absolute atomic E-state index is 0.319.